The van der Waals surface area contributed by atoms with E-state index in [4.69, 9.17) is 5.14 Å². The molecule has 2 aromatic carbocycles. The minimum Gasteiger partial charge on any atom is -0.465 e. The average molecular weight is 578 g/mol. The van der Waals surface area contributed by atoms with Crippen molar-refractivity contribution in [1.82, 2.24) is 4.31 Å². The number of methoxy groups -OCH3 is 1. The number of esters is 1. The van der Waals surface area contributed by atoms with E-state index in [9.17, 15) is 31.2 Å². The van der Waals surface area contributed by atoms with Crippen molar-refractivity contribution in [3.05, 3.63) is 77.2 Å². The zero-order valence-electron chi connectivity index (χ0n) is 20.0. The van der Waals surface area contributed by atoms with Crippen molar-refractivity contribution in [1.29, 1.82) is 0 Å². The second kappa shape index (κ2) is 10.7. The fourth-order valence-electron chi connectivity index (χ4n) is 4.03. The summed E-state index contributed by atoms with van der Waals surface area (Å²) < 4.78 is 55.8. The Kier molecular flexibility index (Phi) is 7.80. The van der Waals surface area contributed by atoms with Gasteiger partial charge in [-0.25, -0.2) is 31.7 Å². The van der Waals surface area contributed by atoms with Crippen LogP contribution in [-0.4, -0.2) is 58.6 Å². The molecule has 3 aromatic rings. The predicted octanol–water partition coefficient (Wildman–Crippen LogP) is 1.75. The summed E-state index contributed by atoms with van der Waals surface area (Å²) in [5.41, 5.74) is 1.03. The highest BCUT2D eigenvalue weighted by Gasteiger charge is 2.47. The fourth-order valence-corrected chi connectivity index (χ4v) is 7.25. The summed E-state index contributed by atoms with van der Waals surface area (Å²) in [5, 5.41) is 6.72. The second-order valence-corrected chi connectivity index (χ2v) is 12.9. The first kappa shape index (κ1) is 27.6. The van der Waals surface area contributed by atoms with E-state index < -0.39 is 43.9 Å². The molecule has 1 saturated heterocycles. The molecule has 11 nitrogen and oxygen atoms in total. The van der Waals surface area contributed by atoms with E-state index in [0.717, 1.165) is 20.5 Å². The average Bonchev–Trinajstić information content (AvgIpc) is 3.53. The van der Waals surface area contributed by atoms with Gasteiger partial charge in [-0.3, -0.25) is 9.59 Å². The summed E-state index contributed by atoms with van der Waals surface area (Å²) in [7, 11) is -6.81. The Balaban J connectivity index is 1.63. The van der Waals surface area contributed by atoms with E-state index in [2.05, 4.69) is 4.74 Å². The number of primary sulfonamides is 1. The van der Waals surface area contributed by atoms with Crippen LogP contribution in [0.4, 0.5) is 5.69 Å². The number of thiophene rings is 1. The maximum Gasteiger partial charge on any atom is 0.337 e. The van der Waals surface area contributed by atoms with Crippen molar-refractivity contribution in [2.24, 2.45) is 5.14 Å². The van der Waals surface area contributed by atoms with E-state index in [1.54, 1.807) is 11.4 Å². The minimum absolute atomic E-state index is 0.0169. The highest BCUT2D eigenvalue weighted by atomic mass is 32.2. The van der Waals surface area contributed by atoms with Gasteiger partial charge in [0.25, 0.3) is 15.9 Å². The summed E-state index contributed by atoms with van der Waals surface area (Å²) in [4.78, 5) is 38.9. The zero-order valence-corrected chi connectivity index (χ0v) is 22.5. The van der Waals surface area contributed by atoms with Crippen LogP contribution in [0.5, 0.6) is 0 Å². The first-order valence-corrected chi connectivity index (χ1v) is 15.0. The third-order valence-corrected chi connectivity index (χ3v) is 10.2. The molecule has 2 heterocycles. The molecular weight excluding hydrogens is 554 g/mol. The van der Waals surface area contributed by atoms with Crippen LogP contribution in [-0.2, 0) is 40.8 Å². The number of sulfonamides is 2. The number of carbonyl (C=O) groups is 3. The normalized spacial score (nSPS) is 16.3. The van der Waals surface area contributed by atoms with Gasteiger partial charge in [-0.1, -0.05) is 18.2 Å². The van der Waals surface area contributed by atoms with Crippen LogP contribution in [0.25, 0.3) is 0 Å². The molecule has 0 aliphatic carbocycles. The van der Waals surface area contributed by atoms with Crippen molar-refractivity contribution in [3.63, 3.8) is 0 Å². The standard InChI is InChI=1S/C24H23N3O8S3/c1-35-24(30)17-6-8-18(9-7-17)27-21(28)15-20(23(27)29)26(38(33,34)22-3-2-14-36-22)13-12-16-4-10-19(11-5-16)37(25,31)32/h2-11,14,20H,12-13,15H2,1H3,(H2,25,31,32). The van der Waals surface area contributed by atoms with Crippen LogP contribution in [0.1, 0.15) is 22.3 Å². The molecule has 0 saturated carbocycles. The van der Waals surface area contributed by atoms with Crippen LogP contribution in [0.2, 0.25) is 0 Å². The molecule has 1 unspecified atom stereocenters. The molecule has 0 bridgehead atoms. The zero-order chi connectivity index (χ0) is 27.7. The molecule has 4 rings (SSSR count). The summed E-state index contributed by atoms with van der Waals surface area (Å²) in [6, 6.07) is 13.0. The van der Waals surface area contributed by atoms with Crippen LogP contribution >= 0.6 is 11.3 Å². The van der Waals surface area contributed by atoms with Crippen molar-refractivity contribution in [3.8, 4) is 0 Å². The Morgan fingerprint density at radius 3 is 2.26 bits per heavy atom. The Morgan fingerprint density at radius 2 is 1.71 bits per heavy atom. The lowest BCUT2D eigenvalue weighted by Crippen LogP contribution is -2.46. The number of benzene rings is 2. The molecule has 1 aromatic heterocycles. The number of carbonyl (C=O) groups excluding carboxylic acids is 3. The second-order valence-electron chi connectivity index (χ2n) is 8.31. The van der Waals surface area contributed by atoms with E-state index in [0.29, 0.717) is 5.56 Å². The van der Waals surface area contributed by atoms with Crippen LogP contribution < -0.4 is 10.0 Å². The number of imide groups is 1. The molecule has 1 aliphatic rings. The number of ether oxygens (including phenoxy) is 1. The summed E-state index contributed by atoms with van der Waals surface area (Å²) >= 11 is 0.985. The Morgan fingerprint density at radius 1 is 1.05 bits per heavy atom. The minimum atomic E-state index is -4.15. The molecule has 2 N–H and O–H groups in total. The molecule has 14 heteroatoms. The topological polar surface area (TPSA) is 161 Å². The van der Waals surface area contributed by atoms with Gasteiger partial charge in [0.05, 0.1) is 29.7 Å². The summed E-state index contributed by atoms with van der Waals surface area (Å²) in [6.07, 6.45) is -0.228. The maximum atomic E-state index is 13.5. The number of nitrogens with zero attached hydrogens (tertiary/aromatic N) is 2. The van der Waals surface area contributed by atoms with E-state index in [1.807, 2.05) is 0 Å². The van der Waals surface area contributed by atoms with Crippen molar-refractivity contribution in [2.75, 3.05) is 18.6 Å². The van der Waals surface area contributed by atoms with E-state index >= 15 is 0 Å². The van der Waals surface area contributed by atoms with Gasteiger partial charge in [0.1, 0.15) is 10.3 Å². The Labute approximate surface area is 223 Å². The van der Waals surface area contributed by atoms with Crippen LogP contribution in [0.15, 0.2) is 75.1 Å². The van der Waals surface area contributed by atoms with Crippen LogP contribution in [0.3, 0.4) is 0 Å². The summed E-state index contributed by atoms with van der Waals surface area (Å²) in [5.74, 6) is -1.89. The lowest BCUT2D eigenvalue weighted by Gasteiger charge is -2.26. The molecular formula is C24H23N3O8S3. The molecule has 38 heavy (non-hydrogen) atoms. The van der Waals surface area contributed by atoms with Gasteiger partial charge in [-0.2, -0.15) is 4.31 Å². The molecule has 0 spiro atoms. The van der Waals surface area contributed by atoms with Gasteiger partial charge >= 0.3 is 5.97 Å². The van der Waals surface area contributed by atoms with Crippen LogP contribution in [0, 0.1) is 0 Å². The fraction of sp³-hybridized carbons (Fsp3) is 0.208. The van der Waals surface area contributed by atoms with Crippen molar-refractivity contribution in [2.45, 2.75) is 28.0 Å². The number of rotatable bonds is 9. The van der Waals surface area contributed by atoms with Gasteiger partial charge in [0.15, 0.2) is 0 Å². The monoisotopic (exact) mass is 577 g/mol. The van der Waals surface area contributed by atoms with Gasteiger partial charge in [0.2, 0.25) is 15.9 Å². The number of amides is 2. The quantitative estimate of drug-likeness (QED) is 0.297. The Hall–Kier alpha value is -3.43. The maximum absolute atomic E-state index is 13.5. The highest BCUT2D eigenvalue weighted by Crippen LogP contribution is 2.31. The third-order valence-electron chi connectivity index (χ3n) is 5.95. The lowest BCUT2D eigenvalue weighted by atomic mass is 10.1. The molecule has 1 fully saturated rings. The largest absolute Gasteiger partial charge is 0.465 e. The number of hydrogen-bond donors (Lipinski definition) is 1. The van der Waals surface area contributed by atoms with E-state index in [1.165, 1.54) is 61.7 Å². The van der Waals surface area contributed by atoms with Crippen molar-refractivity contribution < 1.29 is 36.0 Å². The number of hydrogen-bond acceptors (Lipinski definition) is 9. The Bertz CT molecular complexity index is 1570. The van der Waals surface area contributed by atoms with Gasteiger partial charge in [-0.15, -0.1) is 11.3 Å². The lowest BCUT2D eigenvalue weighted by molar-refractivity contribution is -0.122. The van der Waals surface area contributed by atoms with Crippen molar-refractivity contribution >= 4 is 54.9 Å². The summed E-state index contributed by atoms with van der Waals surface area (Å²) in [6.45, 7) is -0.145. The first-order chi connectivity index (χ1) is 17.9. The van der Waals surface area contributed by atoms with Gasteiger partial charge in [-0.05, 0) is 59.8 Å². The molecule has 1 aliphatic heterocycles. The first-order valence-electron chi connectivity index (χ1n) is 11.2. The molecule has 1 atom stereocenters. The molecule has 200 valence electrons. The van der Waals surface area contributed by atoms with Gasteiger partial charge < -0.3 is 4.74 Å². The highest BCUT2D eigenvalue weighted by molar-refractivity contribution is 7.91. The predicted molar refractivity (Wildman–Crippen MR) is 138 cm³/mol. The SMILES string of the molecule is COC(=O)c1ccc(N2C(=O)CC(N(CCc3ccc(S(N)(=O)=O)cc3)S(=O)(=O)c3cccs3)C2=O)cc1. The number of nitrogens with two attached hydrogens (primary N) is 1. The van der Waals surface area contributed by atoms with Gasteiger partial charge in [0, 0.05) is 6.54 Å². The molecule has 2 amide bonds. The number of anilines is 1. The molecule has 0 radical (unpaired) electrons. The van der Waals surface area contributed by atoms with E-state index in [-0.39, 0.29) is 39.7 Å². The smallest absolute Gasteiger partial charge is 0.337 e. The third kappa shape index (κ3) is 5.54.